The predicted molar refractivity (Wildman–Crippen MR) is 104 cm³/mol. The highest BCUT2D eigenvalue weighted by Gasteiger charge is 2.38. The molecule has 2 unspecified atom stereocenters. The van der Waals surface area contributed by atoms with Crippen LogP contribution in [-0.2, 0) is 11.3 Å². The van der Waals surface area contributed by atoms with Crippen molar-refractivity contribution < 1.29 is 9.53 Å². The van der Waals surface area contributed by atoms with Gasteiger partial charge in [-0.15, -0.1) is 0 Å². The van der Waals surface area contributed by atoms with Crippen molar-refractivity contribution in [3.63, 3.8) is 0 Å². The third kappa shape index (κ3) is 3.73. The van der Waals surface area contributed by atoms with Crippen molar-refractivity contribution in [2.75, 3.05) is 0 Å². The van der Waals surface area contributed by atoms with Crippen molar-refractivity contribution in [2.24, 2.45) is 0 Å². The Balaban J connectivity index is 1.51. The van der Waals surface area contributed by atoms with Crippen molar-refractivity contribution in [1.82, 2.24) is 4.90 Å². The van der Waals surface area contributed by atoms with E-state index in [0.29, 0.717) is 12.2 Å². The van der Waals surface area contributed by atoms with Crippen molar-refractivity contribution >= 4 is 11.7 Å². The molecule has 2 atom stereocenters. The Bertz CT molecular complexity index is 898. The average Bonchev–Trinajstić information content (AvgIpc) is 2.72. The first kappa shape index (κ1) is 17.4. The Morgan fingerprint density at radius 3 is 2.78 bits per heavy atom. The number of carbonyl (C=O) groups excluding carboxylic acids is 1. The molecule has 0 aliphatic carbocycles. The van der Waals surface area contributed by atoms with Crippen LogP contribution in [0.2, 0.25) is 0 Å². The minimum atomic E-state index is -0.227. The molecule has 2 bridgehead atoms. The van der Waals surface area contributed by atoms with Crippen LogP contribution >= 0.6 is 0 Å². The SMILES string of the molecule is N#Cc1cccc(C2=CC3CCCC(C2)N3C(=O)OCc2ccccc2)c1. The topological polar surface area (TPSA) is 53.3 Å². The summed E-state index contributed by atoms with van der Waals surface area (Å²) in [7, 11) is 0. The molecule has 2 heterocycles. The summed E-state index contributed by atoms with van der Waals surface area (Å²) in [6.07, 6.45) is 5.85. The van der Waals surface area contributed by atoms with E-state index in [1.165, 1.54) is 5.57 Å². The number of hydrogen-bond acceptors (Lipinski definition) is 3. The van der Waals surface area contributed by atoms with Crippen LogP contribution in [0.1, 0.15) is 42.4 Å². The summed E-state index contributed by atoms with van der Waals surface area (Å²) in [6, 6.07) is 19.9. The normalized spacial score (nSPS) is 21.1. The van der Waals surface area contributed by atoms with Gasteiger partial charge in [0.25, 0.3) is 0 Å². The largest absolute Gasteiger partial charge is 0.445 e. The zero-order chi connectivity index (χ0) is 18.6. The Morgan fingerprint density at radius 1 is 1.15 bits per heavy atom. The minimum Gasteiger partial charge on any atom is -0.445 e. The molecule has 1 saturated heterocycles. The summed E-state index contributed by atoms with van der Waals surface area (Å²) in [4.78, 5) is 14.7. The van der Waals surface area contributed by atoms with Gasteiger partial charge in [0.05, 0.1) is 17.7 Å². The molecule has 2 aromatic carbocycles. The van der Waals surface area contributed by atoms with E-state index in [9.17, 15) is 4.79 Å². The molecule has 0 N–H and O–H groups in total. The minimum absolute atomic E-state index is 0.0708. The van der Waals surface area contributed by atoms with Gasteiger partial charge in [0, 0.05) is 6.04 Å². The lowest BCUT2D eigenvalue weighted by molar-refractivity contribution is 0.0510. The molecule has 0 radical (unpaired) electrons. The number of fused-ring (bicyclic) bond motifs is 2. The molecule has 0 spiro atoms. The summed E-state index contributed by atoms with van der Waals surface area (Å²) < 4.78 is 5.60. The summed E-state index contributed by atoms with van der Waals surface area (Å²) in [6.45, 7) is 0.302. The highest BCUT2D eigenvalue weighted by atomic mass is 16.6. The Labute approximate surface area is 159 Å². The van der Waals surface area contributed by atoms with Gasteiger partial charge in [-0.1, -0.05) is 48.5 Å². The molecular formula is C23H22N2O2. The van der Waals surface area contributed by atoms with Gasteiger partial charge in [-0.25, -0.2) is 4.79 Å². The third-order valence-corrected chi connectivity index (χ3v) is 5.42. The Kier molecular flexibility index (Phi) is 4.93. The monoisotopic (exact) mass is 358 g/mol. The van der Waals surface area contributed by atoms with E-state index in [-0.39, 0.29) is 18.2 Å². The number of nitrogens with zero attached hydrogens (tertiary/aromatic N) is 2. The van der Waals surface area contributed by atoms with Gasteiger partial charge in [0.1, 0.15) is 6.61 Å². The van der Waals surface area contributed by atoms with Gasteiger partial charge >= 0.3 is 6.09 Å². The Morgan fingerprint density at radius 2 is 2.00 bits per heavy atom. The maximum atomic E-state index is 12.8. The van der Waals surface area contributed by atoms with Crippen LogP contribution in [-0.4, -0.2) is 23.1 Å². The fourth-order valence-corrected chi connectivity index (χ4v) is 4.11. The van der Waals surface area contributed by atoms with Gasteiger partial charge in [-0.05, 0) is 54.5 Å². The van der Waals surface area contributed by atoms with Crippen LogP contribution in [0, 0.1) is 11.3 Å². The van der Waals surface area contributed by atoms with Crippen LogP contribution in [0.4, 0.5) is 4.79 Å². The molecule has 4 heteroatoms. The van der Waals surface area contributed by atoms with E-state index in [2.05, 4.69) is 12.1 Å². The number of rotatable bonds is 3. The lowest BCUT2D eigenvalue weighted by Crippen LogP contribution is -2.51. The molecule has 2 aromatic rings. The van der Waals surface area contributed by atoms with Crippen molar-refractivity contribution in [2.45, 2.75) is 44.4 Å². The van der Waals surface area contributed by atoms with Crippen LogP contribution in [0.5, 0.6) is 0 Å². The summed E-state index contributed by atoms with van der Waals surface area (Å²) in [5, 5.41) is 9.15. The zero-order valence-electron chi connectivity index (χ0n) is 15.2. The number of ether oxygens (including phenoxy) is 1. The zero-order valence-corrected chi connectivity index (χ0v) is 15.2. The van der Waals surface area contributed by atoms with E-state index in [4.69, 9.17) is 10.00 Å². The molecule has 4 rings (SSSR count). The Hall–Kier alpha value is -3.06. The summed E-state index contributed by atoms with van der Waals surface area (Å²) in [5.74, 6) is 0. The van der Waals surface area contributed by atoms with Gasteiger partial charge in [0.15, 0.2) is 0 Å². The lowest BCUT2D eigenvalue weighted by atomic mass is 9.83. The van der Waals surface area contributed by atoms with E-state index in [1.807, 2.05) is 59.5 Å². The van der Waals surface area contributed by atoms with Crippen LogP contribution < -0.4 is 0 Å². The average molecular weight is 358 g/mol. The molecule has 136 valence electrons. The number of amides is 1. The van der Waals surface area contributed by atoms with Gasteiger partial charge in [-0.2, -0.15) is 5.26 Å². The number of carbonyl (C=O) groups is 1. The molecule has 2 aliphatic rings. The number of hydrogen-bond donors (Lipinski definition) is 0. The van der Waals surface area contributed by atoms with E-state index >= 15 is 0 Å². The standard InChI is InChI=1S/C23H22N2O2/c24-15-18-8-4-9-19(12-18)20-13-21-10-5-11-22(14-20)25(21)23(26)27-16-17-6-2-1-3-7-17/h1-4,6-9,12-13,21-22H,5,10-11,14,16H2. The van der Waals surface area contributed by atoms with Crippen LogP contribution in [0.15, 0.2) is 60.7 Å². The first-order valence-electron chi connectivity index (χ1n) is 9.45. The van der Waals surface area contributed by atoms with Crippen molar-refractivity contribution in [3.8, 4) is 6.07 Å². The first-order chi connectivity index (χ1) is 13.2. The lowest BCUT2D eigenvalue weighted by Gasteiger charge is -2.44. The molecular weight excluding hydrogens is 336 g/mol. The molecule has 1 amide bonds. The summed E-state index contributed by atoms with van der Waals surface area (Å²) >= 11 is 0. The van der Waals surface area contributed by atoms with Crippen molar-refractivity contribution in [1.29, 1.82) is 5.26 Å². The number of piperidine rings is 1. The van der Waals surface area contributed by atoms with Gasteiger partial charge < -0.3 is 4.74 Å². The van der Waals surface area contributed by atoms with E-state index in [0.717, 1.165) is 36.8 Å². The fourth-order valence-electron chi connectivity index (χ4n) is 4.11. The second-order valence-electron chi connectivity index (χ2n) is 7.19. The number of benzene rings is 2. The van der Waals surface area contributed by atoms with Gasteiger partial charge in [0.2, 0.25) is 0 Å². The highest BCUT2D eigenvalue weighted by Crippen LogP contribution is 2.37. The van der Waals surface area contributed by atoms with Gasteiger partial charge in [-0.3, -0.25) is 4.90 Å². The maximum Gasteiger partial charge on any atom is 0.410 e. The maximum absolute atomic E-state index is 12.8. The molecule has 1 fully saturated rings. The molecule has 0 aromatic heterocycles. The molecule has 2 aliphatic heterocycles. The van der Waals surface area contributed by atoms with Crippen LogP contribution in [0.3, 0.4) is 0 Å². The molecule has 0 saturated carbocycles. The van der Waals surface area contributed by atoms with E-state index < -0.39 is 0 Å². The smallest absolute Gasteiger partial charge is 0.410 e. The highest BCUT2D eigenvalue weighted by molar-refractivity contribution is 5.75. The van der Waals surface area contributed by atoms with E-state index in [1.54, 1.807) is 0 Å². The van der Waals surface area contributed by atoms with Crippen LogP contribution in [0.25, 0.3) is 5.57 Å². The second-order valence-corrected chi connectivity index (χ2v) is 7.19. The first-order valence-corrected chi connectivity index (χ1v) is 9.45. The fraction of sp³-hybridized carbons (Fsp3) is 0.304. The molecule has 4 nitrogen and oxygen atoms in total. The molecule has 27 heavy (non-hydrogen) atoms. The summed E-state index contributed by atoms with van der Waals surface area (Å²) in [5.41, 5.74) is 3.98. The third-order valence-electron chi connectivity index (χ3n) is 5.42. The number of nitriles is 1. The van der Waals surface area contributed by atoms with Crippen molar-refractivity contribution in [3.05, 3.63) is 77.4 Å². The predicted octanol–water partition coefficient (Wildman–Crippen LogP) is 4.91. The second kappa shape index (κ2) is 7.67. The quantitative estimate of drug-likeness (QED) is 0.784.